The van der Waals surface area contributed by atoms with Crippen LogP contribution in [0, 0.1) is 0 Å². The van der Waals surface area contributed by atoms with Crippen molar-refractivity contribution in [1.29, 1.82) is 0 Å². The first-order chi connectivity index (χ1) is 6.02. The summed E-state index contributed by atoms with van der Waals surface area (Å²) in [6.07, 6.45) is 3.01. The third-order valence-corrected chi connectivity index (χ3v) is 1.98. The summed E-state index contributed by atoms with van der Waals surface area (Å²) < 4.78 is 9.82. The van der Waals surface area contributed by atoms with E-state index in [0.717, 1.165) is 0 Å². The first kappa shape index (κ1) is 8.04. The molecule has 4 nitrogen and oxygen atoms in total. The fourth-order valence-corrected chi connectivity index (χ4v) is 1.35. The lowest BCUT2D eigenvalue weighted by molar-refractivity contribution is -0.182. The molecule has 0 aromatic rings. The summed E-state index contributed by atoms with van der Waals surface area (Å²) in [4.78, 5) is 22.1. The first-order valence-corrected chi connectivity index (χ1v) is 3.88. The molecule has 0 N–H and O–H groups in total. The fourth-order valence-electron chi connectivity index (χ4n) is 1.35. The van der Waals surface area contributed by atoms with Crippen LogP contribution in [0.15, 0.2) is 23.3 Å². The molecule has 0 bridgehead atoms. The van der Waals surface area contributed by atoms with Crippen LogP contribution in [0.4, 0.5) is 0 Å². The Balaban J connectivity index is 2.38. The van der Waals surface area contributed by atoms with Crippen molar-refractivity contribution < 1.29 is 19.1 Å². The van der Waals surface area contributed by atoms with Crippen LogP contribution in [-0.4, -0.2) is 17.7 Å². The highest BCUT2D eigenvalue weighted by molar-refractivity contribution is 5.95. The van der Waals surface area contributed by atoms with Gasteiger partial charge < -0.3 is 9.47 Å². The van der Waals surface area contributed by atoms with E-state index in [1.807, 2.05) is 0 Å². The molecule has 13 heavy (non-hydrogen) atoms. The van der Waals surface area contributed by atoms with E-state index in [0.29, 0.717) is 11.1 Å². The normalized spacial score (nSPS) is 24.2. The molecule has 0 atom stereocenters. The second kappa shape index (κ2) is 2.22. The highest BCUT2D eigenvalue weighted by Gasteiger charge is 2.45. The molecule has 0 radical (unpaired) electrons. The lowest BCUT2D eigenvalue weighted by Crippen LogP contribution is -2.27. The van der Waals surface area contributed by atoms with Gasteiger partial charge in [-0.1, -0.05) is 0 Å². The average Bonchev–Trinajstić information content (AvgIpc) is 2.39. The Labute approximate surface area is 74.8 Å². The Bertz CT molecular complexity index is 326. The maximum atomic E-state index is 11.0. The molecule has 2 aliphatic heterocycles. The second-order valence-electron chi connectivity index (χ2n) is 3.16. The van der Waals surface area contributed by atoms with Crippen molar-refractivity contribution in [3.63, 3.8) is 0 Å². The third kappa shape index (κ3) is 1.06. The van der Waals surface area contributed by atoms with Gasteiger partial charge in [-0.15, -0.1) is 0 Å². The molecule has 68 valence electrons. The van der Waals surface area contributed by atoms with Crippen LogP contribution in [-0.2, 0) is 19.1 Å². The second-order valence-corrected chi connectivity index (χ2v) is 3.16. The van der Waals surface area contributed by atoms with Gasteiger partial charge in [-0.3, -0.25) is 0 Å². The van der Waals surface area contributed by atoms with Crippen molar-refractivity contribution in [2.75, 3.05) is 0 Å². The molecule has 0 aromatic carbocycles. The number of ether oxygens (including phenoxy) is 2. The number of hydrogen-bond donors (Lipinski definition) is 0. The number of carbonyl (C=O) groups is 2. The molecule has 4 heteroatoms. The smallest absolute Gasteiger partial charge is 0.337 e. The van der Waals surface area contributed by atoms with Gasteiger partial charge in [0.05, 0.1) is 0 Å². The Hall–Kier alpha value is -1.58. The van der Waals surface area contributed by atoms with Gasteiger partial charge in [-0.05, 0) is 13.8 Å². The van der Waals surface area contributed by atoms with Crippen molar-refractivity contribution in [1.82, 2.24) is 0 Å². The molecule has 0 fully saturated rings. The van der Waals surface area contributed by atoms with Crippen molar-refractivity contribution in [3.05, 3.63) is 23.3 Å². The van der Waals surface area contributed by atoms with Gasteiger partial charge in [0.2, 0.25) is 0 Å². The zero-order valence-electron chi connectivity index (χ0n) is 7.29. The van der Waals surface area contributed by atoms with E-state index in [9.17, 15) is 9.59 Å². The molecular formula is C9H8O4. The molecule has 2 rings (SSSR count). The molecular weight excluding hydrogens is 172 g/mol. The van der Waals surface area contributed by atoms with Gasteiger partial charge in [0.15, 0.2) is 0 Å². The predicted octanol–water partition coefficient (Wildman–Crippen LogP) is 0.689. The van der Waals surface area contributed by atoms with Crippen LogP contribution in [0.5, 0.6) is 0 Å². The molecule has 2 aliphatic rings. The molecule has 0 saturated heterocycles. The topological polar surface area (TPSA) is 52.6 Å². The molecule has 0 saturated carbocycles. The van der Waals surface area contributed by atoms with Crippen molar-refractivity contribution in [2.45, 2.75) is 19.6 Å². The van der Waals surface area contributed by atoms with E-state index in [4.69, 9.17) is 9.47 Å². The summed E-state index contributed by atoms with van der Waals surface area (Å²) >= 11 is 0. The summed E-state index contributed by atoms with van der Waals surface area (Å²) in [6.45, 7) is 3.23. The zero-order chi connectivity index (χ0) is 9.64. The third-order valence-electron chi connectivity index (χ3n) is 1.98. The van der Waals surface area contributed by atoms with E-state index >= 15 is 0 Å². The van der Waals surface area contributed by atoms with Gasteiger partial charge in [0, 0.05) is 23.3 Å². The van der Waals surface area contributed by atoms with Crippen LogP contribution in [0.2, 0.25) is 0 Å². The maximum absolute atomic E-state index is 11.0. The van der Waals surface area contributed by atoms with Gasteiger partial charge in [0.25, 0.3) is 5.79 Å². The Kier molecular flexibility index (Phi) is 1.37. The SMILES string of the molecule is CC1=CC2(C=C(C)C(=O)O2)OC1=O. The quantitative estimate of drug-likeness (QED) is 0.514. The van der Waals surface area contributed by atoms with E-state index in [1.54, 1.807) is 13.8 Å². The lowest BCUT2D eigenvalue weighted by Gasteiger charge is -2.16. The summed E-state index contributed by atoms with van der Waals surface area (Å²) in [6, 6.07) is 0. The van der Waals surface area contributed by atoms with Crippen LogP contribution in [0.1, 0.15) is 13.8 Å². The van der Waals surface area contributed by atoms with Crippen LogP contribution < -0.4 is 0 Å². The van der Waals surface area contributed by atoms with Crippen LogP contribution in [0.25, 0.3) is 0 Å². The van der Waals surface area contributed by atoms with E-state index in [-0.39, 0.29) is 0 Å². The highest BCUT2D eigenvalue weighted by atomic mass is 16.7. The summed E-state index contributed by atoms with van der Waals surface area (Å²) in [7, 11) is 0. The van der Waals surface area contributed by atoms with Gasteiger partial charge in [-0.2, -0.15) is 0 Å². The fraction of sp³-hybridized carbons (Fsp3) is 0.333. The van der Waals surface area contributed by atoms with Crippen molar-refractivity contribution >= 4 is 11.9 Å². The van der Waals surface area contributed by atoms with E-state index in [1.165, 1.54) is 12.2 Å². The number of rotatable bonds is 0. The first-order valence-electron chi connectivity index (χ1n) is 3.88. The van der Waals surface area contributed by atoms with Crippen molar-refractivity contribution in [2.24, 2.45) is 0 Å². The molecule has 0 amide bonds. The Morgan fingerprint density at radius 3 is 1.62 bits per heavy atom. The summed E-state index contributed by atoms with van der Waals surface area (Å²) in [5.74, 6) is -2.14. The van der Waals surface area contributed by atoms with Crippen LogP contribution >= 0.6 is 0 Å². The lowest BCUT2D eigenvalue weighted by atomic mass is 10.2. The van der Waals surface area contributed by atoms with E-state index in [2.05, 4.69) is 0 Å². The van der Waals surface area contributed by atoms with E-state index < -0.39 is 17.7 Å². The summed E-state index contributed by atoms with van der Waals surface area (Å²) in [5.41, 5.74) is 0.914. The van der Waals surface area contributed by atoms with Gasteiger partial charge in [-0.25, -0.2) is 9.59 Å². The minimum Gasteiger partial charge on any atom is -0.411 e. The Morgan fingerprint density at radius 1 is 1.00 bits per heavy atom. The monoisotopic (exact) mass is 180 g/mol. The highest BCUT2D eigenvalue weighted by Crippen LogP contribution is 2.33. The zero-order valence-corrected chi connectivity index (χ0v) is 7.29. The molecule has 2 heterocycles. The largest absolute Gasteiger partial charge is 0.411 e. The number of hydrogen-bond acceptors (Lipinski definition) is 4. The average molecular weight is 180 g/mol. The summed E-state index contributed by atoms with van der Waals surface area (Å²) in [5, 5.41) is 0. The molecule has 0 unspecified atom stereocenters. The minimum atomic E-state index is -1.25. The number of carbonyl (C=O) groups excluding carboxylic acids is 2. The standard InChI is InChI=1S/C9H8O4/c1-5-3-9(12-7(5)10)4-6(2)8(11)13-9/h3-4H,1-2H3. The molecule has 0 aliphatic carbocycles. The van der Waals surface area contributed by atoms with Gasteiger partial charge >= 0.3 is 11.9 Å². The molecule has 0 aromatic heterocycles. The molecule has 1 spiro atoms. The predicted molar refractivity (Wildman–Crippen MR) is 42.4 cm³/mol. The Morgan fingerprint density at radius 2 is 1.38 bits per heavy atom. The van der Waals surface area contributed by atoms with Crippen LogP contribution in [0.3, 0.4) is 0 Å². The van der Waals surface area contributed by atoms with Gasteiger partial charge in [0.1, 0.15) is 0 Å². The minimum absolute atomic E-state index is 0.446. The number of esters is 2. The maximum Gasteiger partial charge on any atom is 0.337 e. The van der Waals surface area contributed by atoms with Crippen molar-refractivity contribution in [3.8, 4) is 0 Å².